The summed E-state index contributed by atoms with van der Waals surface area (Å²) in [6.07, 6.45) is -4.02. The molecule has 25 heavy (non-hydrogen) atoms. The molecule has 1 aliphatic heterocycles. The maximum atomic E-state index is 12.5. The van der Waals surface area contributed by atoms with E-state index < -0.39 is 42.7 Å². The highest BCUT2D eigenvalue weighted by Crippen LogP contribution is 2.38. The van der Waals surface area contributed by atoms with E-state index in [-0.39, 0.29) is 12.3 Å². The van der Waals surface area contributed by atoms with Crippen LogP contribution in [0.15, 0.2) is 24.3 Å². The molecule has 0 aliphatic carbocycles. The topological polar surface area (TPSA) is 86.7 Å². The molecule has 9 heteroatoms. The first-order valence-corrected chi connectivity index (χ1v) is 7.91. The van der Waals surface area contributed by atoms with Crippen molar-refractivity contribution in [2.45, 2.75) is 31.4 Å². The zero-order valence-corrected chi connectivity index (χ0v) is 14.0. The number of carboxylic acids is 1. The van der Waals surface area contributed by atoms with Gasteiger partial charge in [-0.3, -0.25) is 9.59 Å². The van der Waals surface area contributed by atoms with Crippen molar-refractivity contribution in [2.24, 2.45) is 5.92 Å². The smallest absolute Gasteiger partial charge is 0.326 e. The molecule has 2 N–H and O–H groups in total. The molecule has 136 valence electrons. The van der Waals surface area contributed by atoms with E-state index in [1.807, 2.05) is 0 Å². The molecule has 0 bridgehead atoms. The Hall–Kier alpha value is -2.22. The average Bonchev–Trinajstić information content (AvgIpc) is 2.81. The number of alkyl halides is 2. The third kappa shape index (κ3) is 4.45. The monoisotopic (exact) mass is 374 g/mol. The standard InChI is InChI=1S/C16H17ClF2N2O4/c1-21-13(22)6-10(14(21)8-3-2-4-9(17)5-8)15(23)20-11(16(24)25)7-12(18)19/h2-5,10-12,14H,6-7H2,1H3,(H,20,23)(H,24,25). The molecule has 1 aromatic rings. The van der Waals surface area contributed by atoms with Gasteiger partial charge in [-0.05, 0) is 17.7 Å². The Labute approximate surface area is 147 Å². The van der Waals surface area contributed by atoms with Crippen molar-refractivity contribution in [2.75, 3.05) is 7.05 Å². The van der Waals surface area contributed by atoms with E-state index in [2.05, 4.69) is 5.32 Å². The lowest BCUT2D eigenvalue weighted by Gasteiger charge is -2.26. The van der Waals surface area contributed by atoms with Crippen molar-refractivity contribution in [3.05, 3.63) is 34.9 Å². The number of hydrogen-bond acceptors (Lipinski definition) is 3. The van der Waals surface area contributed by atoms with Gasteiger partial charge in [-0.25, -0.2) is 13.6 Å². The third-order valence-corrected chi connectivity index (χ3v) is 4.38. The van der Waals surface area contributed by atoms with E-state index in [0.717, 1.165) is 0 Å². The summed E-state index contributed by atoms with van der Waals surface area (Å²) in [6.45, 7) is 0. The molecule has 6 nitrogen and oxygen atoms in total. The van der Waals surface area contributed by atoms with Crippen LogP contribution in [-0.4, -0.2) is 47.3 Å². The molecule has 3 unspecified atom stereocenters. The Balaban J connectivity index is 2.24. The number of rotatable bonds is 6. The van der Waals surface area contributed by atoms with Crippen LogP contribution in [0, 0.1) is 5.92 Å². The van der Waals surface area contributed by atoms with Gasteiger partial charge in [-0.2, -0.15) is 0 Å². The number of amides is 2. The summed E-state index contributed by atoms with van der Waals surface area (Å²) in [6, 6.07) is 4.25. The Morgan fingerprint density at radius 2 is 2.12 bits per heavy atom. The number of carbonyl (C=O) groups excluding carboxylic acids is 2. The normalized spacial score (nSPS) is 21.5. The predicted molar refractivity (Wildman–Crippen MR) is 85.3 cm³/mol. The summed E-state index contributed by atoms with van der Waals surface area (Å²) in [7, 11) is 1.52. The highest BCUT2D eigenvalue weighted by molar-refractivity contribution is 6.30. The molecule has 0 aromatic heterocycles. The molecule has 1 fully saturated rings. The fourth-order valence-electron chi connectivity index (χ4n) is 2.93. The van der Waals surface area contributed by atoms with Gasteiger partial charge in [0.2, 0.25) is 18.2 Å². The molecule has 2 amide bonds. The molecular formula is C16H17ClF2N2O4. The summed E-state index contributed by atoms with van der Waals surface area (Å²) in [5.74, 6) is -3.50. The van der Waals surface area contributed by atoms with Crippen LogP contribution in [0.2, 0.25) is 5.02 Å². The zero-order valence-electron chi connectivity index (χ0n) is 13.3. The number of hydrogen-bond donors (Lipinski definition) is 2. The predicted octanol–water partition coefficient (Wildman–Crippen LogP) is 2.08. The fourth-order valence-corrected chi connectivity index (χ4v) is 3.13. The summed E-state index contributed by atoms with van der Waals surface area (Å²) in [5.41, 5.74) is 0.613. The van der Waals surface area contributed by atoms with Crippen LogP contribution in [0.5, 0.6) is 0 Å². The molecule has 3 atom stereocenters. The van der Waals surface area contributed by atoms with E-state index in [9.17, 15) is 23.2 Å². The second-order valence-corrected chi connectivity index (χ2v) is 6.28. The van der Waals surface area contributed by atoms with Crippen molar-refractivity contribution in [1.29, 1.82) is 0 Å². The maximum absolute atomic E-state index is 12.5. The second kappa shape index (κ2) is 7.77. The number of carbonyl (C=O) groups is 3. The maximum Gasteiger partial charge on any atom is 0.326 e. The first-order valence-electron chi connectivity index (χ1n) is 7.53. The van der Waals surface area contributed by atoms with Crippen LogP contribution >= 0.6 is 11.6 Å². The SMILES string of the molecule is CN1C(=O)CC(C(=O)NC(CC(F)F)C(=O)O)C1c1cccc(Cl)c1. The molecule has 1 aliphatic rings. The highest BCUT2D eigenvalue weighted by Gasteiger charge is 2.43. The number of nitrogens with one attached hydrogen (secondary N) is 1. The Morgan fingerprint density at radius 3 is 2.68 bits per heavy atom. The van der Waals surface area contributed by atoms with Gasteiger partial charge in [-0.15, -0.1) is 0 Å². The zero-order chi connectivity index (χ0) is 18.7. The van der Waals surface area contributed by atoms with Crippen molar-refractivity contribution >= 4 is 29.4 Å². The quantitative estimate of drug-likeness (QED) is 0.798. The van der Waals surface area contributed by atoms with Crippen molar-refractivity contribution in [3.8, 4) is 0 Å². The van der Waals surface area contributed by atoms with Gasteiger partial charge in [0.15, 0.2) is 0 Å². The van der Waals surface area contributed by atoms with Crippen LogP contribution in [0.4, 0.5) is 8.78 Å². The molecule has 0 radical (unpaired) electrons. The largest absolute Gasteiger partial charge is 0.480 e. The first kappa shape index (κ1) is 19.1. The summed E-state index contributed by atoms with van der Waals surface area (Å²) >= 11 is 5.95. The molecule has 0 saturated carbocycles. The van der Waals surface area contributed by atoms with Crippen LogP contribution in [0.25, 0.3) is 0 Å². The number of likely N-dealkylation sites (tertiary alicyclic amines) is 1. The van der Waals surface area contributed by atoms with Crippen molar-refractivity contribution < 1.29 is 28.3 Å². The van der Waals surface area contributed by atoms with E-state index >= 15 is 0 Å². The van der Waals surface area contributed by atoms with Gasteiger partial charge < -0.3 is 15.3 Å². The number of benzene rings is 1. The summed E-state index contributed by atoms with van der Waals surface area (Å²) in [5, 5.41) is 11.5. The van der Waals surface area contributed by atoms with E-state index in [4.69, 9.17) is 16.7 Å². The van der Waals surface area contributed by atoms with Gasteiger partial charge in [0.25, 0.3) is 0 Å². The molecule has 1 heterocycles. The van der Waals surface area contributed by atoms with Crippen LogP contribution in [0.3, 0.4) is 0 Å². The Kier molecular flexibility index (Phi) is 5.94. The van der Waals surface area contributed by atoms with Crippen LogP contribution in [-0.2, 0) is 14.4 Å². The average molecular weight is 375 g/mol. The molecule has 2 rings (SSSR count). The van der Waals surface area contributed by atoms with E-state index in [1.165, 1.54) is 11.9 Å². The molecular weight excluding hydrogens is 358 g/mol. The number of nitrogens with zero attached hydrogens (tertiary/aromatic N) is 1. The molecule has 1 aromatic carbocycles. The Bertz CT molecular complexity index is 686. The number of aliphatic carboxylic acids is 1. The first-order chi connectivity index (χ1) is 11.7. The van der Waals surface area contributed by atoms with Crippen molar-refractivity contribution in [3.63, 3.8) is 0 Å². The van der Waals surface area contributed by atoms with Gasteiger partial charge in [0, 0.05) is 24.9 Å². The van der Waals surface area contributed by atoms with Gasteiger partial charge in [0.1, 0.15) is 6.04 Å². The lowest BCUT2D eigenvalue weighted by molar-refractivity contribution is -0.143. The van der Waals surface area contributed by atoms with Crippen LogP contribution < -0.4 is 5.32 Å². The Morgan fingerprint density at radius 1 is 1.44 bits per heavy atom. The summed E-state index contributed by atoms with van der Waals surface area (Å²) < 4.78 is 25.0. The minimum Gasteiger partial charge on any atom is -0.480 e. The fraction of sp³-hybridized carbons (Fsp3) is 0.438. The highest BCUT2D eigenvalue weighted by atomic mass is 35.5. The minimum atomic E-state index is -2.88. The van der Waals surface area contributed by atoms with E-state index in [1.54, 1.807) is 24.3 Å². The van der Waals surface area contributed by atoms with Gasteiger partial charge >= 0.3 is 5.97 Å². The lowest BCUT2D eigenvalue weighted by Crippen LogP contribution is -2.45. The van der Waals surface area contributed by atoms with E-state index in [0.29, 0.717) is 10.6 Å². The molecule has 0 spiro atoms. The van der Waals surface area contributed by atoms with Gasteiger partial charge in [-0.1, -0.05) is 23.7 Å². The number of halogens is 3. The summed E-state index contributed by atoms with van der Waals surface area (Å²) in [4.78, 5) is 36.9. The van der Waals surface area contributed by atoms with Gasteiger partial charge in [0.05, 0.1) is 12.0 Å². The lowest BCUT2D eigenvalue weighted by atomic mass is 9.92. The van der Waals surface area contributed by atoms with Crippen LogP contribution in [0.1, 0.15) is 24.4 Å². The minimum absolute atomic E-state index is 0.138. The third-order valence-electron chi connectivity index (χ3n) is 4.14. The van der Waals surface area contributed by atoms with Crippen molar-refractivity contribution in [1.82, 2.24) is 10.2 Å². The second-order valence-electron chi connectivity index (χ2n) is 5.84. The molecule has 1 saturated heterocycles. The number of carboxylic acid groups (broad SMARTS) is 1.